The van der Waals surface area contributed by atoms with E-state index in [0.29, 0.717) is 12.5 Å². The van der Waals surface area contributed by atoms with Crippen LogP contribution in [0, 0.1) is 5.41 Å². The molecule has 1 saturated heterocycles. The van der Waals surface area contributed by atoms with Crippen LogP contribution in [-0.4, -0.2) is 29.1 Å². The Morgan fingerprint density at radius 1 is 1.26 bits per heavy atom. The molecule has 0 saturated carbocycles. The standard InChI is InChI=1S/C20H25BrN2O3S/c1-20(2,3)19(24)26-23-10-8-14(9-11-23)18-22-16(13-27-18)12-25-17-6-4-15(21)5-7-17/h4-7,13-14H,8-12H2,1-3H3. The van der Waals surface area contributed by atoms with E-state index in [1.165, 1.54) is 0 Å². The summed E-state index contributed by atoms with van der Waals surface area (Å²) in [7, 11) is 0. The molecule has 0 unspecified atom stereocenters. The van der Waals surface area contributed by atoms with Crippen LogP contribution >= 0.6 is 27.3 Å². The number of piperidine rings is 1. The summed E-state index contributed by atoms with van der Waals surface area (Å²) in [5.41, 5.74) is 0.482. The molecule has 0 aliphatic carbocycles. The van der Waals surface area contributed by atoms with Crippen molar-refractivity contribution in [2.75, 3.05) is 13.1 Å². The molecule has 2 aromatic rings. The molecule has 2 heterocycles. The maximum atomic E-state index is 12.0. The summed E-state index contributed by atoms with van der Waals surface area (Å²) in [4.78, 5) is 22.2. The Morgan fingerprint density at radius 2 is 1.93 bits per heavy atom. The van der Waals surface area contributed by atoms with Gasteiger partial charge < -0.3 is 9.57 Å². The summed E-state index contributed by atoms with van der Waals surface area (Å²) in [6.07, 6.45) is 1.88. The van der Waals surface area contributed by atoms with E-state index in [-0.39, 0.29) is 5.97 Å². The van der Waals surface area contributed by atoms with Crippen LogP contribution in [-0.2, 0) is 16.2 Å². The minimum absolute atomic E-state index is 0.178. The van der Waals surface area contributed by atoms with Crippen LogP contribution in [0.2, 0.25) is 0 Å². The molecule has 1 aliphatic heterocycles. The van der Waals surface area contributed by atoms with Gasteiger partial charge in [0, 0.05) is 28.9 Å². The number of benzene rings is 1. The Balaban J connectivity index is 1.48. The van der Waals surface area contributed by atoms with Gasteiger partial charge in [-0.1, -0.05) is 15.9 Å². The topological polar surface area (TPSA) is 51.7 Å². The number of aromatic nitrogens is 1. The summed E-state index contributed by atoms with van der Waals surface area (Å²) < 4.78 is 6.83. The number of thiazole rings is 1. The zero-order valence-corrected chi connectivity index (χ0v) is 18.3. The number of nitrogens with zero attached hydrogens (tertiary/aromatic N) is 2. The molecule has 1 fully saturated rings. The van der Waals surface area contributed by atoms with E-state index in [0.717, 1.165) is 46.9 Å². The summed E-state index contributed by atoms with van der Waals surface area (Å²) in [5.74, 6) is 1.07. The first kappa shape index (κ1) is 20.3. The smallest absolute Gasteiger partial charge is 0.330 e. The number of rotatable bonds is 5. The van der Waals surface area contributed by atoms with Crippen LogP contribution in [0.15, 0.2) is 34.1 Å². The monoisotopic (exact) mass is 452 g/mol. The first-order valence-electron chi connectivity index (χ1n) is 9.11. The molecule has 1 aromatic carbocycles. The second-order valence-electron chi connectivity index (χ2n) is 7.75. The summed E-state index contributed by atoms with van der Waals surface area (Å²) >= 11 is 5.11. The van der Waals surface area contributed by atoms with E-state index in [1.807, 2.05) is 45.0 Å². The first-order valence-corrected chi connectivity index (χ1v) is 10.8. The molecule has 1 aromatic heterocycles. The molecule has 0 N–H and O–H groups in total. The van der Waals surface area contributed by atoms with Crippen molar-refractivity contribution in [2.24, 2.45) is 5.41 Å². The van der Waals surface area contributed by atoms with Crippen LogP contribution in [0.1, 0.15) is 50.2 Å². The molecule has 3 rings (SSSR count). The van der Waals surface area contributed by atoms with Crippen molar-refractivity contribution in [3.8, 4) is 5.75 Å². The fourth-order valence-corrected chi connectivity index (χ4v) is 3.95. The van der Waals surface area contributed by atoms with E-state index in [4.69, 9.17) is 14.6 Å². The van der Waals surface area contributed by atoms with Crippen molar-refractivity contribution in [3.63, 3.8) is 0 Å². The third-order valence-corrected chi connectivity index (χ3v) is 5.98. The molecule has 146 valence electrons. The third-order valence-electron chi connectivity index (χ3n) is 4.40. The number of halogens is 1. The lowest BCUT2D eigenvalue weighted by molar-refractivity contribution is -0.204. The predicted octanol–water partition coefficient (Wildman–Crippen LogP) is 5.17. The van der Waals surface area contributed by atoms with Crippen LogP contribution in [0.4, 0.5) is 0 Å². The lowest BCUT2D eigenvalue weighted by Gasteiger charge is -2.31. The lowest BCUT2D eigenvalue weighted by Crippen LogP contribution is -2.38. The van der Waals surface area contributed by atoms with Gasteiger partial charge in [0.15, 0.2) is 0 Å². The summed E-state index contributed by atoms with van der Waals surface area (Å²) in [6.45, 7) is 7.58. The van der Waals surface area contributed by atoms with Crippen LogP contribution in [0.5, 0.6) is 5.75 Å². The number of hydroxylamine groups is 2. The highest BCUT2D eigenvalue weighted by atomic mass is 79.9. The number of carbonyl (C=O) groups excluding carboxylic acids is 1. The Labute approximate surface area is 172 Å². The van der Waals surface area contributed by atoms with E-state index < -0.39 is 5.41 Å². The average Bonchev–Trinajstić information content (AvgIpc) is 3.10. The molecule has 0 radical (unpaired) electrons. The van der Waals surface area contributed by atoms with E-state index in [9.17, 15) is 4.79 Å². The minimum Gasteiger partial charge on any atom is -0.487 e. The maximum Gasteiger partial charge on any atom is 0.330 e. The molecule has 0 amide bonds. The average molecular weight is 453 g/mol. The first-order chi connectivity index (χ1) is 12.8. The predicted molar refractivity (Wildman–Crippen MR) is 110 cm³/mol. The number of carbonyl (C=O) groups is 1. The van der Waals surface area contributed by atoms with Crippen LogP contribution < -0.4 is 4.74 Å². The van der Waals surface area contributed by atoms with E-state index >= 15 is 0 Å². The highest BCUT2D eigenvalue weighted by Crippen LogP contribution is 2.31. The van der Waals surface area contributed by atoms with Crippen molar-refractivity contribution < 1.29 is 14.4 Å². The van der Waals surface area contributed by atoms with Gasteiger partial charge in [0.05, 0.1) is 16.1 Å². The largest absolute Gasteiger partial charge is 0.487 e. The number of ether oxygens (including phenoxy) is 1. The Kier molecular flexibility index (Phi) is 6.55. The van der Waals surface area contributed by atoms with Crippen molar-refractivity contribution in [1.29, 1.82) is 0 Å². The second kappa shape index (κ2) is 8.71. The Morgan fingerprint density at radius 3 is 2.56 bits per heavy atom. The number of hydrogen-bond donors (Lipinski definition) is 0. The molecule has 5 nitrogen and oxygen atoms in total. The van der Waals surface area contributed by atoms with Crippen molar-refractivity contribution in [3.05, 3.63) is 44.8 Å². The van der Waals surface area contributed by atoms with Gasteiger partial charge in [0.2, 0.25) is 0 Å². The second-order valence-corrected chi connectivity index (χ2v) is 9.56. The van der Waals surface area contributed by atoms with Gasteiger partial charge >= 0.3 is 5.97 Å². The van der Waals surface area contributed by atoms with E-state index in [1.54, 1.807) is 16.4 Å². The molecular weight excluding hydrogens is 428 g/mol. The molecular formula is C20H25BrN2O3S. The van der Waals surface area contributed by atoms with Gasteiger partial charge in [-0.3, -0.25) is 0 Å². The maximum absolute atomic E-state index is 12.0. The third kappa shape index (κ3) is 5.77. The van der Waals surface area contributed by atoms with Crippen LogP contribution in [0.3, 0.4) is 0 Å². The van der Waals surface area contributed by atoms with Gasteiger partial charge in [-0.05, 0) is 57.9 Å². The zero-order chi connectivity index (χ0) is 19.4. The summed E-state index contributed by atoms with van der Waals surface area (Å²) in [6, 6.07) is 7.79. The SMILES string of the molecule is CC(C)(C)C(=O)ON1CCC(c2nc(COc3ccc(Br)cc3)cs2)CC1. The fraction of sp³-hybridized carbons (Fsp3) is 0.500. The van der Waals surface area contributed by atoms with Gasteiger partial charge in [0.1, 0.15) is 12.4 Å². The van der Waals surface area contributed by atoms with Gasteiger partial charge in [0.25, 0.3) is 0 Å². The molecule has 0 spiro atoms. The molecule has 0 bridgehead atoms. The van der Waals surface area contributed by atoms with Crippen molar-refractivity contribution in [2.45, 2.75) is 46.1 Å². The van der Waals surface area contributed by atoms with Crippen molar-refractivity contribution >= 4 is 33.2 Å². The Bertz CT molecular complexity index is 762. The van der Waals surface area contributed by atoms with Gasteiger partial charge in [-0.15, -0.1) is 16.4 Å². The highest BCUT2D eigenvalue weighted by Gasteiger charge is 2.29. The van der Waals surface area contributed by atoms with Crippen LogP contribution in [0.25, 0.3) is 0 Å². The van der Waals surface area contributed by atoms with Gasteiger partial charge in [-0.2, -0.15) is 0 Å². The fourth-order valence-electron chi connectivity index (χ4n) is 2.71. The normalized spacial score (nSPS) is 16.3. The highest BCUT2D eigenvalue weighted by molar-refractivity contribution is 9.10. The lowest BCUT2D eigenvalue weighted by atomic mass is 9.97. The minimum atomic E-state index is -0.476. The Hall–Kier alpha value is -1.44. The quantitative estimate of drug-likeness (QED) is 0.626. The van der Waals surface area contributed by atoms with E-state index in [2.05, 4.69) is 21.3 Å². The molecule has 1 aliphatic rings. The van der Waals surface area contributed by atoms with Crippen molar-refractivity contribution in [1.82, 2.24) is 10.0 Å². The molecule has 0 atom stereocenters. The number of hydrogen-bond acceptors (Lipinski definition) is 6. The summed E-state index contributed by atoms with van der Waals surface area (Å²) in [5, 5.41) is 5.00. The molecule has 27 heavy (non-hydrogen) atoms. The molecule has 7 heteroatoms. The van der Waals surface area contributed by atoms with Gasteiger partial charge in [-0.25, -0.2) is 9.78 Å². The zero-order valence-electron chi connectivity index (χ0n) is 15.9.